The van der Waals surface area contributed by atoms with Gasteiger partial charge in [0, 0.05) is 18.2 Å². The van der Waals surface area contributed by atoms with Gasteiger partial charge in [-0.2, -0.15) is 0 Å². The zero-order chi connectivity index (χ0) is 17.5. The molecule has 0 bridgehead atoms. The predicted molar refractivity (Wildman–Crippen MR) is 92.5 cm³/mol. The van der Waals surface area contributed by atoms with Crippen LogP contribution in [0.4, 0.5) is 5.69 Å². The van der Waals surface area contributed by atoms with Crippen molar-refractivity contribution in [2.45, 2.75) is 44.8 Å². The molecule has 0 spiro atoms. The molecule has 1 atom stereocenters. The quantitative estimate of drug-likeness (QED) is 0.421. The van der Waals surface area contributed by atoms with Gasteiger partial charge in [-0.05, 0) is 44.1 Å². The van der Waals surface area contributed by atoms with E-state index in [1.54, 1.807) is 6.92 Å². The van der Waals surface area contributed by atoms with Gasteiger partial charge < -0.3 is 10.1 Å². The van der Waals surface area contributed by atoms with Gasteiger partial charge in [0.15, 0.2) is 11.2 Å². The lowest BCUT2D eigenvalue weighted by Crippen LogP contribution is -2.52. The molecule has 24 heavy (non-hydrogen) atoms. The van der Waals surface area contributed by atoms with Crippen molar-refractivity contribution < 1.29 is 14.5 Å². The maximum atomic E-state index is 12.0. The first-order valence-corrected chi connectivity index (χ1v) is 8.14. The van der Waals surface area contributed by atoms with Crippen LogP contribution in [0.15, 0.2) is 24.3 Å². The summed E-state index contributed by atoms with van der Waals surface area (Å²) in [7, 11) is 0. The number of hydrogen-bond acceptors (Lipinski definition) is 5. The Morgan fingerprint density at radius 1 is 1.29 bits per heavy atom. The first-order valence-electron chi connectivity index (χ1n) is 7.73. The molecule has 0 aromatic heterocycles. The number of hydrazine groups is 1. The minimum Gasteiger partial charge on any atom is -0.481 e. The summed E-state index contributed by atoms with van der Waals surface area (Å²) in [6.45, 7) is 1.58. The maximum Gasteiger partial charge on any atom is 0.279 e. The summed E-state index contributed by atoms with van der Waals surface area (Å²) in [5.41, 5.74) is 5.09. The first kappa shape index (κ1) is 17.9. The summed E-state index contributed by atoms with van der Waals surface area (Å²) in [4.78, 5) is 22.1. The minimum absolute atomic E-state index is 0.0375. The number of nitrogens with one attached hydrogen (secondary N) is 3. The summed E-state index contributed by atoms with van der Waals surface area (Å²) in [5.74, 6) is -0.0289. The molecule has 0 radical (unpaired) electrons. The molecule has 1 aromatic rings. The SMILES string of the molecule is C[C@@H](Oc1ccc([N+](=O)[O-])cc1)C(=O)NNC(=S)NC1CCCC1. The molecule has 1 amide bonds. The number of carbonyl (C=O) groups is 1. The largest absolute Gasteiger partial charge is 0.481 e. The molecule has 1 saturated carbocycles. The van der Waals surface area contributed by atoms with Gasteiger partial charge in [0.05, 0.1) is 4.92 Å². The molecule has 1 aliphatic rings. The van der Waals surface area contributed by atoms with E-state index in [4.69, 9.17) is 17.0 Å². The van der Waals surface area contributed by atoms with E-state index >= 15 is 0 Å². The van der Waals surface area contributed by atoms with Crippen molar-refractivity contribution in [3.05, 3.63) is 34.4 Å². The van der Waals surface area contributed by atoms with Crippen LogP contribution in [0.1, 0.15) is 32.6 Å². The number of nitro groups is 1. The molecular weight excluding hydrogens is 332 g/mol. The van der Waals surface area contributed by atoms with Crippen LogP contribution in [-0.2, 0) is 4.79 Å². The molecule has 8 nitrogen and oxygen atoms in total. The zero-order valence-electron chi connectivity index (χ0n) is 13.3. The third-order valence-corrected chi connectivity index (χ3v) is 3.94. The lowest BCUT2D eigenvalue weighted by molar-refractivity contribution is -0.384. The number of rotatable bonds is 5. The number of non-ortho nitro benzene ring substituents is 1. The lowest BCUT2D eigenvalue weighted by Gasteiger charge is -2.18. The standard InChI is InChI=1S/C15H20N4O4S/c1-10(23-13-8-6-12(7-9-13)19(21)22)14(20)17-18-15(24)16-11-4-2-3-5-11/h6-11H,2-5H2,1H3,(H,17,20)(H2,16,18,24)/t10-/m1/s1. The van der Waals surface area contributed by atoms with Crippen LogP contribution in [0.25, 0.3) is 0 Å². The second kappa shape index (κ2) is 8.44. The number of amides is 1. The summed E-state index contributed by atoms with van der Waals surface area (Å²) >= 11 is 5.12. The van der Waals surface area contributed by atoms with E-state index in [2.05, 4.69) is 16.2 Å². The van der Waals surface area contributed by atoms with Crippen molar-refractivity contribution in [2.24, 2.45) is 0 Å². The number of nitrogens with zero attached hydrogens (tertiary/aromatic N) is 1. The van der Waals surface area contributed by atoms with Crippen molar-refractivity contribution in [1.82, 2.24) is 16.2 Å². The summed E-state index contributed by atoms with van der Waals surface area (Å²) < 4.78 is 5.44. The molecule has 3 N–H and O–H groups in total. The van der Waals surface area contributed by atoms with Crippen molar-refractivity contribution >= 4 is 28.9 Å². The lowest BCUT2D eigenvalue weighted by atomic mass is 10.3. The highest BCUT2D eigenvalue weighted by Gasteiger charge is 2.18. The van der Waals surface area contributed by atoms with Gasteiger partial charge in [-0.3, -0.25) is 25.8 Å². The number of nitro benzene ring substituents is 1. The average Bonchev–Trinajstić information content (AvgIpc) is 3.06. The molecule has 0 saturated heterocycles. The summed E-state index contributed by atoms with van der Waals surface area (Å²) in [5, 5.41) is 14.1. The third kappa shape index (κ3) is 5.34. The van der Waals surface area contributed by atoms with Crippen LogP contribution in [0.2, 0.25) is 0 Å². The topological polar surface area (TPSA) is 106 Å². The second-order valence-corrected chi connectivity index (χ2v) is 5.99. The Balaban J connectivity index is 1.74. The minimum atomic E-state index is -0.784. The van der Waals surface area contributed by atoms with Gasteiger partial charge in [-0.15, -0.1) is 0 Å². The van der Waals surface area contributed by atoms with Crippen molar-refractivity contribution in [3.63, 3.8) is 0 Å². The predicted octanol–water partition coefficient (Wildman–Crippen LogP) is 1.80. The Labute approximate surface area is 145 Å². The van der Waals surface area contributed by atoms with Crippen LogP contribution in [0.5, 0.6) is 5.75 Å². The van der Waals surface area contributed by atoms with E-state index in [9.17, 15) is 14.9 Å². The maximum absolute atomic E-state index is 12.0. The highest BCUT2D eigenvalue weighted by molar-refractivity contribution is 7.80. The van der Waals surface area contributed by atoms with E-state index in [0.29, 0.717) is 16.9 Å². The zero-order valence-corrected chi connectivity index (χ0v) is 14.1. The smallest absolute Gasteiger partial charge is 0.279 e. The second-order valence-electron chi connectivity index (χ2n) is 5.58. The fraction of sp³-hybridized carbons (Fsp3) is 0.467. The number of thiocarbonyl (C=S) groups is 1. The van der Waals surface area contributed by atoms with Crippen LogP contribution in [-0.4, -0.2) is 28.1 Å². The summed E-state index contributed by atoms with van der Waals surface area (Å²) in [6, 6.07) is 5.89. The highest BCUT2D eigenvalue weighted by atomic mass is 32.1. The number of ether oxygens (including phenoxy) is 1. The van der Waals surface area contributed by atoms with Crippen LogP contribution in [0, 0.1) is 10.1 Å². The molecule has 1 fully saturated rings. The van der Waals surface area contributed by atoms with Crippen LogP contribution < -0.4 is 20.9 Å². The van der Waals surface area contributed by atoms with E-state index in [1.165, 1.54) is 37.1 Å². The van der Waals surface area contributed by atoms with Crippen molar-refractivity contribution in [2.75, 3.05) is 0 Å². The molecular formula is C15H20N4O4S. The van der Waals surface area contributed by atoms with Gasteiger partial charge in [0.2, 0.25) is 0 Å². The van der Waals surface area contributed by atoms with E-state index in [0.717, 1.165) is 12.8 Å². The average molecular weight is 352 g/mol. The molecule has 9 heteroatoms. The van der Waals surface area contributed by atoms with E-state index in [-0.39, 0.29) is 5.69 Å². The van der Waals surface area contributed by atoms with Gasteiger partial charge in [-0.25, -0.2) is 0 Å². The van der Waals surface area contributed by atoms with Crippen molar-refractivity contribution in [3.8, 4) is 5.75 Å². The molecule has 1 aromatic carbocycles. The molecule has 130 valence electrons. The fourth-order valence-corrected chi connectivity index (χ4v) is 2.63. The number of benzene rings is 1. The Morgan fingerprint density at radius 2 is 1.92 bits per heavy atom. The Bertz CT molecular complexity index is 602. The van der Waals surface area contributed by atoms with E-state index < -0.39 is 16.9 Å². The molecule has 0 heterocycles. The number of carbonyl (C=O) groups excluding carboxylic acids is 1. The van der Waals surface area contributed by atoms with Gasteiger partial charge >= 0.3 is 0 Å². The van der Waals surface area contributed by atoms with E-state index in [1.807, 2.05) is 0 Å². The fourth-order valence-electron chi connectivity index (χ4n) is 2.42. The van der Waals surface area contributed by atoms with Crippen LogP contribution >= 0.6 is 12.2 Å². The van der Waals surface area contributed by atoms with Crippen molar-refractivity contribution in [1.29, 1.82) is 0 Å². The molecule has 2 rings (SSSR count). The summed E-state index contributed by atoms with van der Waals surface area (Å²) in [6.07, 6.45) is 3.75. The van der Waals surface area contributed by atoms with Gasteiger partial charge in [0.1, 0.15) is 5.75 Å². The monoisotopic (exact) mass is 352 g/mol. The third-order valence-electron chi connectivity index (χ3n) is 3.72. The Hall–Kier alpha value is -2.42. The normalized spacial score (nSPS) is 15.4. The highest BCUT2D eigenvalue weighted by Crippen LogP contribution is 2.18. The molecule has 1 aliphatic carbocycles. The molecule has 0 aliphatic heterocycles. The molecule has 0 unspecified atom stereocenters. The van der Waals surface area contributed by atoms with Gasteiger partial charge in [0.25, 0.3) is 11.6 Å². The van der Waals surface area contributed by atoms with Crippen LogP contribution in [0.3, 0.4) is 0 Å². The number of hydrogen-bond donors (Lipinski definition) is 3. The Kier molecular flexibility index (Phi) is 6.30. The first-order chi connectivity index (χ1) is 11.5. The van der Waals surface area contributed by atoms with Gasteiger partial charge in [-0.1, -0.05) is 12.8 Å². The Morgan fingerprint density at radius 3 is 2.50 bits per heavy atom.